The molecule has 0 unspecified atom stereocenters. The highest BCUT2D eigenvalue weighted by atomic mass is 16.5. The Morgan fingerprint density at radius 3 is 2.59 bits per heavy atom. The minimum absolute atomic E-state index is 0.0383. The number of nitrogens with zero attached hydrogens (tertiary/aromatic N) is 3. The molecule has 1 amide bonds. The average molecular weight is 302 g/mol. The summed E-state index contributed by atoms with van der Waals surface area (Å²) in [6, 6.07) is 5.33. The van der Waals surface area contributed by atoms with Crippen LogP contribution in [0.15, 0.2) is 28.9 Å². The van der Waals surface area contributed by atoms with Gasteiger partial charge in [0.2, 0.25) is 0 Å². The zero-order chi connectivity index (χ0) is 15.9. The molecule has 2 aromatic rings. The molecule has 0 aromatic carbocycles. The van der Waals surface area contributed by atoms with Gasteiger partial charge in [0.1, 0.15) is 11.5 Å². The molecule has 0 saturated heterocycles. The van der Waals surface area contributed by atoms with E-state index in [2.05, 4.69) is 29.3 Å². The van der Waals surface area contributed by atoms with Gasteiger partial charge >= 0.3 is 0 Å². The van der Waals surface area contributed by atoms with Gasteiger partial charge in [-0.2, -0.15) is 0 Å². The van der Waals surface area contributed by atoms with Gasteiger partial charge in [-0.3, -0.25) is 9.78 Å². The fourth-order valence-electron chi connectivity index (χ4n) is 2.22. The molecule has 0 aliphatic rings. The van der Waals surface area contributed by atoms with Gasteiger partial charge in [-0.15, -0.1) is 0 Å². The third-order valence-electron chi connectivity index (χ3n) is 3.15. The van der Waals surface area contributed by atoms with Gasteiger partial charge in [-0.05, 0) is 31.9 Å². The first-order chi connectivity index (χ1) is 10.6. The number of rotatable bonds is 7. The van der Waals surface area contributed by atoms with Crippen LogP contribution in [0.25, 0.3) is 0 Å². The van der Waals surface area contributed by atoms with Crippen LogP contribution in [0.5, 0.6) is 0 Å². The van der Waals surface area contributed by atoms with E-state index in [4.69, 9.17) is 4.52 Å². The normalized spacial score (nSPS) is 10.5. The Morgan fingerprint density at radius 1 is 1.27 bits per heavy atom. The number of aromatic nitrogens is 2. The number of amides is 1. The van der Waals surface area contributed by atoms with E-state index in [-0.39, 0.29) is 5.91 Å². The second-order valence-corrected chi connectivity index (χ2v) is 5.17. The summed E-state index contributed by atoms with van der Waals surface area (Å²) in [6.07, 6.45) is 3.49. The molecule has 6 nitrogen and oxygen atoms in total. The third-order valence-corrected chi connectivity index (χ3v) is 3.15. The summed E-state index contributed by atoms with van der Waals surface area (Å²) >= 11 is 0. The molecule has 118 valence electrons. The van der Waals surface area contributed by atoms with E-state index in [9.17, 15) is 4.79 Å². The minimum atomic E-state index is -0.0383. The van der Waals surface area contributed by atoms with Gasteiger partial charge < -0.3 is 14.7 Å². The van der Waals surface area contributed by atoms with Crippen molar-refractivity contribution < 1.29 is 9.32 Å². The lowest BCUT2D eigenvalue weighted by Crippen LogP contribution is -2.33. The van der Waals surface area contributed by atoms with E-state index in [1.165, 1.54) is 0 Å². The van der Waals surface area contributed by atoms with Crippen LogP contribution in [0.2, 0.25) is 0 Å². The number of nitrogens with one attached hydrogen (secondary N) is 1. The Balaban J connectivity index is 2.14. The molecular formula is C16H22N4O2. The predicted octanol–water partition coefficient (Wildman–Crippen LogP) is 3.38. The summed E-state index contributed by atoms with van der Waals surface area (Å²) in [6.45, 7) is 7.44. The summed E-state index contributed by atoms with van der Waals surface area (Å²) in [4.78, 5) is 18.6. The fraction of sp³-hybridized carbons (Fsp3) is 0.438. The van der Waals surface area contributed by atoms with Crippen molar-refractivity contribution in [1.82, 2.24) is 15.0 Å². The maximum atomic E-state index is 12.5. The van der Waals surface area contributed by atoms with Gasteiger partial charge in [-0.25, -0.2) is 0 Å². The minimum Gasteiger partial charge on any atom is -0.360 e. The molecule has 2 heterocycles. The number of hydrogen-bond acceptors (Lipinski definition) is 5. The van der Waals surface area contributed by atoms with Gasteiger partial charge in [0.15, 0.2) is 5.82 Å². The van der Waals surface area contributed by atoms with Gasteiger partial charge in [0.25, 0.3) is 5.91 Å². The quantitative estimate of drug-likeness (QED) is 0.849. The van der Waals surface area contributed by atoms with E-state index >= 15 is 0 Å². The van der Waals surface area contributed by atoms with Crippen molar-refractivity contribution in [3.05, 3.63) is 35.9 Å². The van der Waals surface area contributed by atoms with Gasteiger partial charge in [0, 0.05) is 31.0 Å². The van der Waals surface area contributed by atoms with Crippen LogP contribution in [0, 0.1) is 6.92 Å². The van der Waals surface area contributed by atoms with Crippen LogP contribution >= 0.6 is 0 Å². The van der Waals surface area contributed by atoms with Crippen molar-refractivity contribution in [2.24, 2.45) is 0 Å². The molecular weight excluding hydrogens is 280 g/mol. The number of aryl methyl sites for hydroxylation is 1. The molecule has 0 aliphatic carbocycles. The standard InChI is InChI=1S/C16H22N4O2/c1-4-8-20(9-5-2)16(21)14-11-13(6-7-17-14)18-15-10-12(3)22-19-15/h6-7,10-11H,4-5,8-9H2,1-3H3,(H,17,18,19). The second kappa shape index (κ2) is 7.59. The number of pyridine rings is 1. The van der Waals surface area contributed by atoms with E-state index in [0.717, 1.165) is 37.4 Å². The lowest BCUT2D eigenvalue weighted by Gasteiger charge is -2.21. The van der Waals surface area contributed by atoms with Crippen molar-refractivity contribution in [2.45, 2.75) is 33.6 Å². The molecule has 0 atom stereocenters. The summed E-state index contributed by atoms with van der Waals surface area (Å²) < 4.78 is 5.01. The Labute approximate surface area is 130 Å². The first-order valence-electron chi connectivity index (χ1n) is 7.59. The molecule has 0 bridgehead atoms. The largest absolute Gasteiger partial charge is 0.360 e. The monoisotopic (exact) mass is 302 g/mol. The Hall–Kier alpha value is -2.37. The van der Waals surface area contributed by atoms with Crippen LogP contribution in [0.4, 0.5) is 11.5 Å². The van der Waals surface area contributed by atoms with Gasteiger partial charge in [-0.1, -0.05) is 19.0 Å². The highest BCUT2D eigenvalue weighted by Gasteiger charge is 2.16. The van der Waals surface area contributed by atoms with Crippen molar-refractivity contribution in [2.75, 3.05) is 18.4 Å². The average Bonchev–Trinajstić information content (AvgIpc) is 2.92. The lowest BCUT2D eigenvalue weighted by molar-refractivity contribution is 0.0749. The maximum Gasteiger partial charge on any atom is 0.272 e. The third kappa shape index (κ3) is 4.07. The first kappa shape index (κ1) is 16.0. The molecule has 2 rings (SSSR count). The Kier molecular flexibility index (Phi) is 5.52. The van der Waals surface area contributed by atoms with Crippen molar-refractivity contribution >= 4 is 17.4 Å². The fourth-order valence-corrected chi connectivity index (χ4v) is 2.22. The number of carbonyl (C=O) groups is 1. The molecule has 2 aromatic heterocycles. The lowest BCUT2D eigenvalue weighted by atomic mass is 10.2. The number of anilines is 2. The maximum absolute atomic E-state index is 12.5. The smallest absolute Gasteiger partial charge is 0.272 e. The molecule has 0 spiro atoms. The highest BCUT2D eigenvalue weighted by molar-refractivity contribution is 5.93. The molecule has 1 N–H and O–H groups in total. The van der Waals surface area contributed by atoms with Crippen LogP contribution in [0.3, 0.4) is 0 Å². The van der Waals surface area contributed by atoms with Crippen molar-refractivity contribution in [3.63, 3.8) is 0 Å². The molecule has 6 heteroatoms. The molecule has 0 aliphatic heterocycles. The second-order valence-electron chi connectivity index (χ2n) is 5.17. The van der Waals surface area contributed by atoms with Crippen LogP contribution in [-0.2, 0) is 0 Å². The van der Waals surface area contributed by atoms with Crippen molar-refractivity contribution in [3.8, 4) is 0 Å². The summed E-state index contributed by atoms with van der Waals surface area (Å²) in [5, 5.41) is 6.99. The summed E-state index contributed by atoms with van der Waals surface area (Å²) in [7, 11) is 0. The number of hydrogen-bond donors (Lipinski definition) is 1. The van der Waals surface area contributed by atoms with Crippen molar-refractivity contribution in [1.29, 1.82) is 0 Å². The van der Waals surface area contributed by atoms with E-state index in [0.29, 0.717) is 11.5 Å². The zero-order valence-electron chi connectivity index (χ0n) is 13.3. The van der Waals surface area contributed by atoms with Gasteiger partial charge in [0.05, 0.1) is 0 Å². The Morgan fingerprint density at radius 2 is 2.00 bits per heavy atom. The Bertz CT molecular complexity index is 618. The first-order valence-corrected chi connectivity index (χ1v) is 7.59. The highest BCUT2D eigenvalue weighted by Crippen LogP contribution is 2.17. The topological polar surface area (TPSA) is 71.3 Å². The van der Waals surface area contributed by atoms with Crippen LogP contribution < -0.4 is 5.32 Å². The molecule has 0 radical (unpaired) electrons. The zero-order valence-corrected chi connectivity index (χ0v) is 13.3. The summed E-state index contributed by atoms with van der Waals surface area (Å²) in [5.74, 6) is 1.30. The van der Waals surface area contributed by atoms with E-state index in [1.807, 2.05) is 11.8 Å². The van der Waals surface area contributed by atoms with Crippen LogP contribution in [0.1, 0.15) is 42.9 Å². The number of carbonyl (C=O) groups excluding carboxylic acids is 1. The van der Waals surface area contributed by atoms with Crippen LogP contribution in [-0.4, -0.2) is 34.0 Å². The van der Waals surface area contributed by atoms with E-state index < -0.39 is 0 Å². The molecule has 0 fully saturated rings. The van der Waals surface area contributed by atoms with E-state index in [1.54, 1.807) is 24.4 Å². The summed E-state index contributed by atoms with van der Waals surface area (Å²) in [5.41, 5.74) is 1.20. The molecule has 22 heavy (non-hydrogen) atoms. The predicted molar refractivity (Wildman–Crippen MR) is 85.2 cm³/mol. The molecule has 0 saturated carbocycles. The SMILES string of the molecule is CCCN(CCC)C(=O)c1cc(Nc2cc(C)on2)ccn1.